The van der Waals surface area contributed by atoms with Gasteiger partial charge in [0, 0.05) is 27.9 Å². The Morgan fingerprint density at radius 1 is 1.38 bits per heavy atom. The number of benzene rings is 1. The number of hydrogen-bond acceptors (Lipinski definition) is 1. The summed E-state index contributed by atoms with van der Waals surface area (Å²) < 4.78 is 1.02. The monoisotopic (exact) mass is 325 g/mol. The summed E-state index contributed by atoms with van der Waals surface area (Å²) in [5.41, 5.74) is 1.13. The lowest BCUT2D eigenvalue weighted by Crippen LogP contribution is -2.15. The fourth-order valence-electron chi connectivity index (χ4n) is 0.955. The average Bonchev–Trinajstić information content (AvgIpc) is 2.09. The molecule has 1 N–H and O–H groups in total. The van der Waals surface area contributed by atoms with Gasteiger partial charge in [-0.1, -0.05) is 49.5 Å². The largest absolute Gasteiger partial charge is 0.312 e. The Labute approximate surface area is 100 Å². The normalized spacial score (nSPS) is 10.4. The molecule has 0 heterocycles. The summed E-state index contributed by atoms with van der Waals surface area (Å²) in [4.78, 5) is 0. The van der Waals surface area contributed by atoms with Crippen LogP contribution in [0, 0.1) is 0 Å². The minimum atomic E-state index is 0.802. The molecular formula is C9H10Br2ClN. The molecule has 0 amide bonds. The molecule has 0 saturated carbocycles. The second-order valence-corrected chi connectivity index (χ2v) is 4.72. The summed E-state index contributed by atoms with van der Waals surface area (Å²) in [6, 6.07) is 5.93. The molecule has 0 spiro atoms. The fourth-order valence-corrected chi connectivity index (χ4v) is 1.98. The van der Waals surface area contributed by atoms with Gasteiger partial charge in [0.05, 0.1) is 0 Å². The molecule has 1 nitrogen and oxygen atoms in total. The summed E-state index contributed by atoms with van der Waals surface area (Å²) in [7, 11) is 0. The molecule has 0 aromatic heterocycles. The van der Waals surface area contributed by atoms with Crippen LogP contribution in [0.4, 0.5) is 0 Å². The van der Waals surface area contributed by atoms with Gasteiger partial charge in [-0.2, -0.15) is 0 Å². The van der Waals surface area contributed by atoms with Crippen molar-refractivity contribution < 1.29 is 0 Å². The van der Waals surface area contributed by atoms with E-state index in [1.165, 1.54) is 0 Å². The Kier molecular flexibility index (Phi) is 5.32. The van der Waals surface area contributed by atoms with Gasteiger partial charge in [-0.3, -0.25) is 0 Å². The quantitative estimate of drug-likeness (QED) is 0.658. The molecule has 0 atom stereocenters. The molecule has 0 bridgehead atoms. The average molecular weight is 327 g/mol. The summed E-state index contributed by atoms with van der Waals surface area (Å²) in [5.74, 6) is 0. The standard InChI is InChI=1S/C9H10Br2ClN/c10-3-4-13-6-7-1-2-8(11)5-9(7)12/h1-2,5,13H,3-4,6H2. The smallest absolute Gasteiger partial charge is 0.0462 e. The number of nitrogens with one attached hydrogen (secondary N) is 1. The summed E-state index contributed by atoms with van der Waals surface area (Å²) in [6.07, 6.45) is 0. The molecule has 1 aromatic carbocycles. The second-order valence-electron chi connectivity index (χ2n) is 2.60. The number of alkyl halides is 1. The Morgan fingerprint density at radius 2 is 2.15 bits per heavy atom. The van der Waals surface area contributed by atoms with Crippen molar-refractivity contribution in [2.45, 2.75) is 6.54 Å². The number of halogens is 3. The molecule has 13 heavy (non-hydrogen) atoms. The Balaban J connectivity index is 2.56. The highest BCUT2D eigenvalue weighted by Crippen LogP contribution is 2.20. The van der Waals surface area contributed by atoms with E-state index >= 15 is 0 Å². The van der Waals surface area contributed by atoms with Crippen molar-refractivity contribution in [3.8, 4) is 0 Å². The molecule has 72 valence electrons. The maximum Gasteiger partial charge on any atom is 0.0462 e. The minimum Gasteiger partial charge on any atom is -0.312 e. The van der Waals surface area contributed by atoms with Crippen molar-refractivity contribution in [3.05, 3.63) is 33.3 Å². The molecule has 0 saturated heterocycles. The SMILES string of the molecule is Clc1cc(Br)ccc1CNCCBr. The van der Waals surface area contributed by atoms with Gasteiger partial charge in [-0.05, 0) is 17.7 Å². The van der Waals surface area contributed by atoms with Crippen LogP contribution >= 0.6 is 43.5 Å². The third-order valence-corrected chi connectivity index (χ3v) is 2.84. The zero-order valence-electron chi connectivity index (χ0n) is 6.99. The van der Waals surface area contributed by atoms with Crippen LogP contribution in [-0.2, 0) is 6.54 Å². The van der Waals surface area contributed by atoms with Crippen LogP contribution in [0.1, 0.15) is 5.56 Å². The van der Waals surface area contributed by atoms with Crippen LogP contribution in [0.15, 0.2) is 22.7 Å². The summed E-state index contributed by atoms with van der Waals surface area (Å²) >= 11 is 12.7. The van der Waals surface area contributed by atoms with E-state index in [2.05, 4.69) is 37.2 Å². The summed E-state index contributed by atoms with van der Waals surface area (Å²) in [6.45, 7) is 1.77. The van der Waals surface area contributed by atoms with Gasteiger partial charge < -0.3 is 5.32 Å². The number of rotatable bonds is 4. The van der Waals surface area contributed by atoms with Gasteiger partial charge in [0.25, 0.3) is 0 Å². The minimum absolute atomic E-state index is 0.802. The third-order valence-electron chi connectivity index (χ3n) is 1.60. The first kappa shape index (κ1) is 11.5. The van der Waals surface area contributed by atoms with Crippen molar-refractivity contribution >= 4 is 43.5 Å². The first-order valence-electron chi connectivity index (χ1n) is 3.94. The maximum atomic E-state index is 6.03. The van der Waals surface area contributed by atoms with Gasteiger partial charge in [0.1, 0.15) is 0 Å². The van der Waals surface area contributed by atoms with E-state index in [0.717, 1.165) is 33.5 Å². The van der Waals surface area contributed by atoms with Crippen molar-refractivity contribution in [1.82, 2.24) is 5.32 Å². The van der Waals surface area contributed by atoms with Crippen molar-refractivity contribution in [2.24, 2.45) is 0 Å². The second kappa shape index (κ2) is 6.02. The molecule has 0 radical (unpaired) electrons. The lowest BCUT2D eigenvalue weighted by atomic mass is 10.2. The predicted octanol–water partition coefficient (Wildman–Crippen LogP) is 3.59. The van der Waals surface area contributed by atoms with Crippen LogP contribution in [0.2, 0.25) is 5.02 Å². The van der Waals surface area contributed by atoms with Crippen molar-refractivity contribution in [2.75, 3.05) is 11.9 Å². The van der Waals surface area contributed by atoms with E-state index in [1.807, 2.05) is 18.2 Å². The van der Waals surface area contributed by atoms with Crippen LogP contribution in [-0.4, -0.2) is 11.9 Å². The van der Waals surface area contributed by atoms with Crippen LogP contribution in [0.25, 0.3) is 0 Å². The van der Waals surface area contributed by atoms with Gasteiger partial charge in [0.2, 0.25) is 0 Å². The van der Waals surface area contributed by atoms with E-state index in [9.17, 15) is 0 Å². The van der Waals surface area contributed by atoms with Gasteiger partial charge in [0.15, 0.2) is 0 Å². The zero-order chi connectivity index (χ0) is 9.68. The Morgan fingerprint density at radius 3 is 2.77 bits per heavy atom. The zero-order valence-corrected chi connectivity index (χ0v) is 10.9. The molecule has 0 aliphatic rings. The van der Waals surface area contributed by atoms with E-state index in [-0.39, 0.29) is 0 Å². The highest BCUT2D eigenvalue weighted by Gasteiger charge is 1.99. The first-order valence-corrected chi connectivity index (χ1v) is 6.24. The van der Waals surface area contributed by atoms with Crippen LogP contribution < -0.4 is 5.32 Å². The highest BCUT2D eigenvalue weighted by molar-refractivity contribution is 9.10. The maximum absolute atomic E-state index is 6.03. The molecule has 0 aliphatic carbocycles. The molecular weight excluding hydrogens is 317 g/mol. The van der Waals surface area contributed by atoms with E-state index in [0.29, 0.717) is 0 Å². The van der Waals surface area contributed by atoms with E-state index in [4.69, 9.17) is 11.6 Å². The lowest BCUT2D eigenvalue weighted by molar-refractivity contribution is 0.734. The molecule has 1 rings (SSSR count). The summed E-state index contributed by atoms with van der Waals surface area (Å²) in [5, 5.41) is 5.03. The molecule has 1 aromatic rings. The van der Waals surface area contributed by atoms with Crippen LogP contribution in [0.3, 0.4) is 0 Å². The molecule has 0 aliphatic heterocycles. The van der Waals surface area contributed by atoms with Crippen molar-refractivity contribution in [3.63, 3.8) is 0 Å². The lowest BCUT2D eigenvalue weighted by Gasteiger charge is -2.05. The third kappa shape index (κ3) is 3.98. The van der Waals surface area contributed by atoms with Crippen molar-refractivity contribution in [1.29, 1.82) is 0 Å². The van der Waals surface area contributed by atoms with Crippen LogP contribution in [0.5, 0.6) is 0 Å². The highest BCUT2D eigenvalue weighted by atomic mass is 79.9. The predicted molar refractivity (Wildman–Crippen MR) is 64.7 cm³/mol. The molecule has 0 fully saturated rings. The number of hydrogen-bond donors (Lipinski definition) is 1. The molecule has 0 unspecified atom stereocenters. The Bertz CT molecular complexity index is 278. The van der Waals surface area contributed by atoms with E-state index < -0.39 is 0 Å². The van der Waals surface area contributed by atoms with Gasteiger partial charge in [-0.25, -0.2) is 0 Å². The molecule has 4 heteroatoms. The first-order chi connectivity index (χ1) is 6.24. The van der Waals surface area contributed by atoms with Gasteiger partial charge in [-0.15, -0.1) is 0 Å². The Hall–Kier alpha value is 0.430. The topological polar surface area (TPSA) is 12.0 Å². The van der Waals surface area contributed by atoms with E-state index in [1.54, 1.807) is 0 Å². The fraction of sp³-hybridized carbons (Fsp3) is 0.333. The van der Waals surface area contributed by atoms with Gasteiger partial charge >= 0.3 is 0 Å².